The number of carbonyl (C=O) groups excluding carboxylic acids is 2. The van der Waals surface area contributed by atoms with Crippen molar-refractivity contribution in [2.24, 2.45) is 5.92 Å². The number of piperidine rings is 1. The molecule has 0 aliphatic carbocycles. The minimum Gasteiger partial charge on any atom is -0.486 e. The number of likely N-dealkylation sites (tertiary alicyclic amines) is 1. The summed E-state index contributed by atoms with van der Waals surface area (Å²) < 4.78 is 19.9. The molecule has 38 heavy (non-hydrogen) atoms. The molecule has 1 aliphatic rings. The highest BCUT2D eigenvalue weighted by Gasteiger charge is 2.23. The molecule has 1 heterocycles. The third-order valence-corrected chi connectivity index (χ3v) is 7.21. The van der Waals surface area contributed by atoms with Crippen LogP contribution in [-0.4, -0.2) is 36.2 Å². The van der Waals surface area contributed by atoms with Crippen LogP contribution in [0.15, 0.2) is 72.8 Å². The first-order valence-corrected chi connectivity index (χ1v) is 13.4. The van der Waals surface area contributed by atoms with Crippen molar-refractivity contribution >= 4 is 17.4 Å². The number of nitrogens with zero attached hydrogens (tertiary/aromatic N) is 1. The average Bonchev–Trinajstić information content (AvgIpc) is 2.92. The van der Waals surface area contributed by atoms with Crippen molar-refractivity contribution in [2.75, 3.05) is 25.0 Å². The van der Waals surface area contributed by atoms with Crippen molar-refractivity contribution in [3.8, 4) is 5.75 Å². The molecule has 1 fully saturated rings. The van der Waals surface area contributed by atoms with Crippen LogP contribution in [0.25, 0.3) is 0 Å². The van der Waals surface area contributed by atoms with E-state index in [1.807, 2.05) is 38.1 Å². The van der Waals surface area contributed by atoms with Crippen LogP contribution in [-0.2, 0) is 4.79 Å². The highest BCUT2D eigenvalue weighted by atomic mass is 19.1. The van der Waals surface area contributed by atoms with E-state index in [-0.39, 0.29) is 29.5 Å². The van der Waals surface area contributed by atoms with Gasteiger partial charge in [0.05, 0.1) is 0 Å². The number of hydrogen-bond donors (Lipinski definition) is 1. The monoisotopic (exact) mass is 516 g/mol. The molecule has 0 aromatic heterocycles. The fourth-order valence-corrected chi connectivity index (χ4v) is 4.87. The summed E-state index contributed by atoms with van der Waals surface area (Å²) in [6, 6.07) is 21.9. The summed E-state index contributed by atoms with van der Waals surface area (Å²) in [5, 5.41) is 3.01. The first kappa shape index (κ1) is 27.5. The molecule has 1 aliphatic heterocycles. The highest BCUT2D eigenvalue weighted by molar-refractivity contribution is 5.94. The number of benzene rings is 3. The smallest absolute Gasteiger partial charge is 0.226 e. The van der Waals surface area contributed by atoms with Crippen LogP contribution in [0.4, 0.5) is 10.1 Å². The van der Waals surface area contributed by atoms with Gasteiger partial charge in [-0.1, -0.05) is 50.2 Å². The third kappa shape index (κ3) is 7.51. The predicted octanol–water partition coefficient (Wildman–Crippen LogP) is 7.01. The van der Waals surface area contributed by atoms with Gasteiger partial charge in [-0.05, 0) is 86.3 Å². The van der Waals surface area contributed by atoms with Crippen LogP contribution >= 0.6 is 0 Å². The van der Waals surface area contributed by atoms with Gasteiger partial charge in [0, 0.05) is 30.1 Å². The summed E-state index contributed by atoms with van der Waals surface area (Å²) in [4.78, 5) is 26.4. The molecule has 1 saturated heterocycles. The number of carbonyl (C=O) groups is 2. The summed E-state index contributed by atoms with van der Waals surface area (Å²) in [6.07, 6.45) is 2.59. The predicted molar refractivity (Wildman–Crippen MR) is 149 cm³/mol. The molecule has 4 rings (SSSR count). The van der Waals surface area contributed by atoms with Crippen molar-refractivity contribution in [3.05, 3.63) is 95.3 Å². The summed E-state index contributed by atoms with van der Waals surface area (Å²) in [7, 11) is 0. The second-order valence-electron chi connectivity index (χ2n) is 10.4. The van der Waals surface area contributed by atoms with Crippen molar-refractivity contribution < 1.29 is 18.7 Å². The van der Waals surface area contributed by atoms with E-state index in [9.17, 15) is 14.0 Å². The Morgan fingerprint density at radius 2 is 1.71 bits per heavy atom. The van der Waals surface area contributed by atoms with Gasteiger partial charge in [0.1, 0.15) is 17.7 Å². The standard InChI is InChI=1S/C32H37FN2O3/c1-22(2)32(37)34-29-8-4-7-27(20-29)24-14-17-35(18-15-24)19-16-31(25-10-12-28(33)13-11-25)38-30-9-5-6-26(21-30)23(3)36/h4-13,20-22,24,31H,14-19H2,1-3H3,(H,34,37). The summed E-state index contributed by atoms with van der Waals surface area (Å²) in [6.45, 7) is 8.13. The lowest BCUT2D eigenvalue weighted by Gasteiger charge is -2.33. The molecule has 0 saturated carbocycles. The SMILES string of the molecule is CC(=O)c1cccc(OC(CCN2CCC(c3cccc(NC(=O)C(C)C)c3)CC2)c2ccc(F)cc2)c1. The van der Waals surface area contributed by atoms with Crippen LogP contribution in [0.1, 0.15) is 73.5 Å². The van der Waals surface area contributed by atoms with Crippen molar-refractivity contribution in [2.45, 2.75) is 52.1 Å². The van der Waals surface area contributed by atoms with Crippen LogP contribution < -0.4 is 10.1 Å². The molecule has 200 valence electrons. The summed E-state index contributed by atoms with van der Waals surface area (Å²) >= 11 is 0. The molecular formula is C32H37FN2O3. The van der Waals surface area contributed by atoms with Crippen molar-refractivity contribution in [3.63, 3.8) is 0 Å². The molecule has 5 nitrogen and oxygen atoms in total. The van der Waals surface area contributed by atoms with Crippen LogP contribution in [0.2, 0.25) is 0 Å². The molecule has 0 spiro atoms. The molecule has 1 atom stereocenters. The fraction of sp³-hybridized carbons (Fsp3) is 0.375. The Morgan fingerprint density at radius 1 is 1.00 bits per heavy atom. The molecule has 3 aromatic rings. The number of anilines is 1. The maximum absolute atomic E-state index is 13.6. The van der Waals surface area contributed by atoms with Gasteiger partial charge in [0.2, 0.25) is 5.91 Å². The minimum absolute atomic E-state index is 0.00973. The number of rotatable bonds is 10. The number of amides is 1. The zero-order chi connectivity index (χ0) is 27.1. The number of ether oxygens (including phenoxy) is 1. The normalized spacial score (nSPS) is 15.3. The maximum atomic E-state index is 13.6. The van der Waals surface area contributed by atoms with E-state index in [4.69, 9.17) is 4.74 Å². The van der Waals surface area contributed by atoms with Crippen LogP contribution in [0.5, 0.6) is 5.75 Å². The Morgan fingerprint density at radius 3 is 2.39 bits per heavy atom. The molecular weight excluding hydrogens is 479 g/mol. The molecule has 0 bridgehead atoms. The number of Topliss-reactive ketones (excluding diaryl/α,β-unsaturated/α-hetero) is 1. The van der Waals surface area contributed by atoms with E-state index >= 15 is 0 Å². The number of halogens is 1. The minimum atomic E-state index is -0.277. The fourth-order valence-electron chi connectivity index (χ4n) is 4.87. The van der Waals surface area contributed by atoms with E-state index in [2.05, 4.69) is 22.3 Å². The number of ketones is 1. The Kier molecular flexibility index (Phi) is 9.29. The Balaban J connectivity index is 1.37. The largest absolute Gasteiger partial charge is 0.486 e. The van der Waals surface area contributed by atoms with Gasteiger partial charge in [0.15, 0.2) is 5.78 Å². The highest BCUT2D eigenvalue weighted by Crippen LogP contribution is 2.31. The van der Waals surface area contributed by atoms with E-state index in [1.54, 1.807) is 24.3 Å². The molecule has 0 radical (unpaired) electrons. The average molecular weight is 517 g/mol. The lowest BCUT2D eigenvalue weighted by molar-refractivity contribution is -0.118. The lowest BCUT2D eigenvalue weighted by atomic mass is 9.89. The summed E-state index contributed by atoms with van der Waals surface area (Å²) in [5.41, 5.74) is 3.64. The van der Waals surface area contributed by atoms with Gasteiger partial charge in [-0.25, -0.2) is 4.39 Å². The summed E-state index contributed by atoms with van der Waals surface area (Å²) in [5.74, 6) is 0.784. The van der Waals surface area contributed by atoms with Gasteiger partial charge in [-0.2, -0.15) is 0 Å². The van der Waals surface area contributed by atoms with E-state index in [0.29, 0.717) is 17.2 Å². The zero-order valence-electron chi connectivity index (χ0n) is 22.5. The molecule has 1 amide bonds. The second-order valence-corrected chi connectivity index (χ2v) is 10.4. The molecule has 1 unspecified atom stereocenters. The molecule has 6 heteroatoms. The molecule has 1 N–H and O–H groups in total. The van der Waals surface area contributed by atoms with E-state index in [0.717, 1.165) is 50.1 Å². The van der Waals surface area contributed by atoms with Crippen LogP contribution in [0, 0.1) is 11.7 Å². The first-order valence-electron chi connectivity index (χ1n) is 13.4. The van der Waals surface area contributed by atoms with Crippen LogP contribution in [0.3, 0.4) is 0 Å². The first-order chi connectivity index (χ1) is 18.3. The maximum Gasteiger partial charge on any atom is 0.226 e. The van der Waals surface area contributed by atoms with Gasteiger partial charge < -0.3 is 15.0 Å². The molecule has 3 aromatic carbocycles. The van der Waals surface area contributed by atoms with Gasteiger partial charge in [-0.3, -0.25) is 9.59 Å². The van der Waals surface area contributed by atoms with Gasteiger partial charge >= 0.3 is 0 Å². The van der Waals surface area contributed by atoms with Gasteiger partial charge in [0.25, 0.3) is 0 Å². The Labute approximate surface area is 225 Å². The lowest BCUT2D eigenvalue weighted by Crippen LogP contribution is -2.34. The van der Waals surface area contributed by atoms with Crippen molar-refractivity contribution in [1.29, 1.82) is 0 Å². The van der Waals surface area contributed by atoms with E-state index in [1.165, 1.54) is 24.6 Å². The topological polar surface area (TPSA) is 58.6 Å². The second kappa shape index (κ2) is 12.8. The van der Waals surface area contributed by atoms with E-state index < -0.39 is 0 Å². The zero-order valence-corrected chi connectivity index (χ0v) is 22.5. The van der Waals surface area contributed by atoms with Crippen molar-refractivity contribution in [1.82, 2.24) is 4.90 Å². The Hall–Kier alpha value is -3.51. The third-order valence-electron chi connectivity index (χ3n) is 7.21. The van der Waals surface area contributed by atoms with Gasteiger partial charge in [-0.15, -0.1) is 0 Å². The quantitative estimate of drug-likeness (QED) is 0.295. The number of nitrogens with one attached hydrogen (secondary N) is 1. The number of hydrogen-bond acceptors (Lipinski definition) is 4. The Bertz CT molecular complexity index is 1230.